The summed E-state index contributed by atoms with van der Waals surface area (Å²) in [7, 11) is 0. The van der Waals surface area contributed by atoms with Crippen LogP contribution in [0.1, 0.15) is 175 Å². The van der Waals surface area contributed by atoms with Gasteiger partial charge in [-0.05, 0) is 37.5 Å². The first-order valence-corrected chi connectivity index (χ1v) is 14.3. The molecule has 186 valence electrons. The van der Waals surface area contributed by atoms with Gasteiger partial charge in [0.15, 0.2) is 0 Å². The van der Waals surface area contributed by atoms with E-state index in [1.807, 2.05) is 0 Å². The van der Waals surface area contributed by atoms with Gasteiger partial charge in [-0.15, -0.1) is 0 Å². The van der Waals surface area contributed by atoms with Crippen LogP contribution in [-0.2, 0) is 4.79 Å². The minimum atomic E-state index is -0.618. The second-order valence-corrected chi connectivity index (χ2v) is 10.3. The first-order chi connectivity index (χ1) is 15.1. The van der Waals surface area contributed by atoms with E-state index in [4.69, 9.17) is 0 Å². The van der Waals surface area contributed by atoms with Crippen molar-refractivity contribution in [1.82, 2.24) is 0 Å². The summed E-state index contributed by atoms with van der Waals surface area (Å²) in [5.41, 5.74) is 0.412. The van der Waals surface area contributed by atoms with Crippen LogP contribution in [0.5, 0.6) is 0 Å². The third-order valence-electron chi connectivity index (χ3n) is 7.28. The van der Waals surface area contributed by atoms with Crippen molar-refractivity contribution in [3.63, 3.8) is 0 Å². The van der Waals surface area contributed by atoms with Gasteiger partial charge in [-0.1, -0.05) is 136 Å². The Morgan fingerprint density at radius 3 is 1.10 bits per heavy atom. The number of carbonyl (C=O) groups is 1. The highest BCUT2D eigenvalue weighted by molar-refractivity contribution is 5.66. The second kappa shape index (κ2) is 22.7. The molecule has 0 aromatic heterocycles. The summed E-state index contributed by atoms with van der Waals surface area (Å²) >= 11 is 0. The van der Waals surface area contributed by atoms with Crippen LogP contribution in [0.3, 0.4) is 0 Å². The minimum absolute atomic E-state index is 0.352. The number of hydrogen-bond donors (Lipinski definition) is 1. The van der Waals surface area contributed by atoms with Crippen molar-refractivity contribution < 1.29 is 9.90 Å². The fourth-order valence-corrected chi connectivity index (χ4v) is 5.21. The van der Waals surface area contributed by atoms with Crippen LogP contribution in [-0.4, -0.2) is 11.1 Å². The Labute approximate surface area is 196 Å². The van der Waals surface area contributed by atoms with Gasteiger partial charge in [-0.3, -0.25) is 4.79 Å². The number of aliphatic carboxylic acids is 1. The van der Waals surface area contributed by atoms with Gasteiger partial charge in [0.25, 0.3) is 0 Å². The molecule has 0 aromatic carbocycles. The SMILES string of the molecule is CCCCCCCCC(CCCCCCCC)(CCCCCCCC)CCCC(=O)O. The molecule has 0 spiro atoms. The number of unbranched alkanes of at least 4 members (excludes halogenated alkanes) is 15. The van der Waals surface area contributed by atoms with E-state index >= 15 is 0 Å². The lowest BCUT2D eigenvalue weighted by Crippen LogP contribution is -2.22. The Morgan fingerprint density at radius 2 is 0.774 bits per heavy atom. The Bertz CT molecular complexity index is 336. The van der Waals surface area contributed by atoms with Crippen LogP contribution in [0.2, 0.25) is 0 Å². The first-order valence-electron chi connectivity index (χ1n) is 14.3. The van der Waals surface area contributed by atoms with Crippen LogP contribution in [0.15, 0.2) is 0 Å². The molecular formula is C29H58O2. The van der Waals surface area contributed by atoms with Crippen LogP contribution < -0.4 is 0 Å². The standard InChI is InChI=1S/C29H58O2/c1-4-7-10-13-16-19-24-29(27-22-23-28(30)31,25-20-17-14-11-8-5-2)26-21-18-15-12-9-6-3/h4-27H2,1-3H3,(H,30,31). The van der Waals surface area contributed by atoms with E-state index in [0.717, 1.165) is 12.8 Å². The maximum Gasteiger partial charge on any atom is 0.303 e. The van der Waals surface area contributed by atoms with Gasteiger partial charge in [0.05, 0.1) is 0 Å². The molecule has 0 saturated carbocycles. The molecule has 1 N–H and O–H groups in total. The molecule has 0 fully saturated rings. The third kappa shape index (κ3) is 19.9. The molecule has 0 aromatic rings. The highest BCUT2D eigenvalue weighted by atomic mass is 16.4. The topological polar surface area (TPSA) is 37.3 Å². The molecule has 0 atom stereocenters. The van der Waals surface area contributed by atoms with Gasteiger partial charge in [0.1, 0.15) is 0 Å². The molecule has 0 amide bonds. The Balaban J connectivity index is 4.74. The maximum atomic E-state index is 11.2. The molecule has 0 aliphatic carbocycles. The molecular weight excluding hydrogens is 380 g/mol. The van der Waals surface area contributed by atoms with Crippen LogP contribution >= 0.6 is 0 Å². The van der Waals surface area contributed by atoms with E-state index in [1.54, 1.807) is 0 Å². The highest BCUT2D eigenvalue weighted by Crippen LogP contribution is 2.42. The van der Waals surface area contributed by atoms with E-state index < -0.39 is 5.97 Å². The molecule has 0 unspecified atom stereocenters. The lowest BCUT2D eigenvalue weighted by molar-refractivity contribution is -0.137. The predicted octanol–water partition coefficient (Wildman–Crippen LogP) is 10.5. The zero-order valence-corrected chi connectivity index (χ0v) is 21.8. The van der Waals surface area contributed by atoms with Crippen molar-refractivity contribution in [3.8, 4) is 0 Å². The largest absolute Gasteiger partial charge is 0.481 e. The average Bonchev–Trinajstić information content (AvgIpc) is 2.75. The summed E-state index contributed by atoms with van der Waals surface area (Å²) in [5.74, 6) is -0.618. The van der Waals surface area contributed by atoms with E-state index in [-0.39, 0.29) is 0 Å². The fourth-order valence-electron chi connectivity index (χ4n) is 5.21. The van der Waals surface area contributed by atoms with Gasteiger partial charge in [0, 0.05) is 6.42 Å². The zero-order chi connectivity index (χ0) is 23.0. The van der Waals surface area contributed by atoms with Crippen molar-refractivity contribution in [2.24, 2.45) is 5.41 Å². The van der Waals surface area contributed by atoms with Crippen molar-refractivity contribution in [1.29, 1.82) is 0 Å². The van der Waals surface area contributed by atoms with E-state index in [0.29, 0.717) is 11.8 Å². The fraction of sp³-hybridized carbons (Fsp3) is 0.966. The smallest absolute Gasteiger partial charge is 0.303 e. The summed E-state index contributed by atoms with van der Waals surface area (Å²) in [4.78, 5) is 11.2. The van der Waals surface area contributed by atoms with E-state index in [2.05, 4.69) is 20.8 Å². The molecule has 0 saturated heterocycles. The van der Waals surface area contributed by atoms with Gasteiger partial charge in [0.2, 0.25) is 0 Å². The molecule has 2 nitrogen and oxygen atoms in total. The highest BCUT2D eigenvalue weighted by Gasteiger charge is 2.28. The molecule has 0 aliphatic rings. The molecule has 31 heavy (non-hydrogen) atoms. The van der Waals surface area contributed by atoms with Crippen molar-refractivity contribution in [2.45, 2.75) is 175 Å². The van der Waals surface area contributed by atoms with Gasteiger partial charge >= 0.3 is 5.97 Å². The Kier molecular flexibility index (Phi) is 22.3. The molecule has 0 radical (unpaired) electrons. The lowest BCUT2D eigenvalue weighted by atomic mass is 9.70. The summed E-state index contributed by atoms with van der Waals surface area (Å²) < 4.78 is 0. The maximum absolute atomic E-state index is 11.2. The normalized spacial score (nSPS) is 11.8. The Morgan fingerprint density at radius 1 is 0.484 bits per heavy atom. The summed E-state index contributed by atoms with van der Waals surface area (Å²) in [6.45, 7) is 6.86. The quantitative estimate of drug-likeness (QED) is 0.144. The summed E-state index contributed by atoms with van der Waals surface area (Å²) in [6, 6.07) is 0. The van der Waals surface area contributed by atoms with Gasteiger partial charge < -0.3 is 5.11 Å². The zero-order valence-electron chi connectivity index (χ0n) is 21.8. The number of rotatable bonds is 25. The third-order valence-corrected chi connectivity index (χ3v) is 7.28. The van der Waals surface area contributed by atoms with Crippen LogP contribution in [0.25, 0.3) is 0 Å². The van der Waals surface area contributed by atoms with Crippen molar-refractivity contribution >= 4 is 5.97 Å². The molecule has 0 bridgehead atoms. The average molecular weight is 439 g/mol. The molecule has 0 rings (SSSR count). The molecule has 0 heterocycles. The first kappa shape index (κ1) is 30.5. The van der Waals surface area contributed by atoms with E-state index in [9.17, 15) is 9.90 Å². The van der Waals surface area contributed by atoms with Gasteiger partial charge in [-0.25, -0.2) is 0 Å². The minimum Gasteiger partial charge on any atom is -0.481 e. The van der Waals surface area contributed by atoms with Gasteiger partial charge in [-0.2, -0.15) is 0 Å². The van der Waals surface area contributed by atoms with Crippen LogP contribution in [0.4, 0.5) is 0 Å². The van der Waals surface area contributed by atoms with Crippen LogP contribution in [0, 0.1) is 5.41 Å². The Hall–Kier alpha value is -0.530. The monoisotopic (exact) mass is 438 g/mol. The van der Waals surface area contributed by atoms with Crippen molar-refractivity contribution in [3.05, 3.63) is 0 Å². The molecule has 0 aliphatic heterocycles. The number of hydrogen-bond acceptors (Lipinski definition) is 1. The van der Waals surface area contributed by atoms with Crippen molar-refractivity contribution in [2.75, 3.05) is 0 Å². The van der Waals surface area contributed by atoms with E-state index in [1.165, 1.54) is 135 Å². The second-order valence-electron chi connectivity index (χ2n) is 10.3. The number of carboxylic acid groups (broad SMARTS) is 1. The molecule has 2 heteroatoms. The lowest BCUT2D eigenvalue weighted by Gasteiger charge is -2.35. The predicted molar refractivity (Wildman–Crippen MR) is 138 cm³/mol. The summed E-state index contributed by atoms with van der Waals surface area (Å²) in [5, 5.41) is 9.20. The number of carboxylic acids is 1. The summed E-state index contributed by atoms with van der Waals surface area (Å²) in [6.07, 6.45) is 30.9.